The van der Waals surface area contributed by atoms with Crippen molar-refractivity contribution in [2.45, 2.75) is 0 Å². The van der Waals surface area contributed by atoms with Crippen molar-refractivity contribution < 1.29 is 19.4 Å². The maximum absolute atomic E-state index is 12.0. The lowest BCUT2D eigenvalue weighted by Crippen LogP contribution is -2.13. The highest BCUT2D eigenvalue weighted by Crippen LogP contribution is 2.33. The lowest BCUT2D eigenvalue weighted by molar-refractivity contribution is 0.0597. The number of benzene rings is 2. The molecule has 24 heavy (non-hydrogen) atoms. The molecule has 5 nitrogen and oxygen atoms in total. The first-order chi connectivity index (χ1) is 11.5. The van der Waals surface area contributed by atoms with Crippen LogP contribution in [-0.4, -0.2) is 25.3 Å². The van der Waals surface area contributed by atoms with Crippen molar-refractivity contribution in [2.24, 2.45) is 0 Å². The highest BCUT2D eigenvalue weighted by molar-refractivity contribution is 7.16. The number of carbonyl (C=O) groups excluding carboxylic acids is 1. The molecule has 122 valence electrons. The minimum atomic E-state index is -0.842. The molecular formula is C18H14O5S. The predicted octanol–water partition coefficient (Wildman–Crippen LogP) is 3.43. The van der Waals surface area contributed by atoms with Crippen molar-refractivity contribution in [3.05, 3.63) is 57.6 Å². The third-order valence-electron chi connectivity index (χ3n) is 3.69. The second kappa shape index (κ2) is 6.33. The molecular weight excluding hydrogens is 328 g/mol. The van der Waals surface area contributed by atoms with Gasteiger partial charge in [-0.1, -0.05) is 29.5 Å². The van der Waals surface area contributed by atoms with Crippen molar-refractivity contribution in [1.29, 1.82) is 0 Å². The zero-order valence-corrected chi connectivity index (χ0v) is 13.8. The van der Waals surface area contributed by atoms with Crippen molar-refractivity contribution in [3.8, 4) is 22.6 Å². The predicted molar refractivity (Wildman–Crippen MR) is 93.1 cm³/mol. The van der Waals surface area contributed by atoms with Crippen molar-refractivity contribution in [1.82, 2.24) is 0 Å². The van der Waals surface area contributed by atoms with Crippen molar-refractivity contribution >= 4 is 27.4 Å². The Morgan fingerprint density at radius 1 is 1.04 bits per heavy atom. The molecule has 1 N–H and O–H groups in total. The van der Waals surface area contributed by atoms with Crippen LogP contribution >= 0.6 is 11.3 Å². The molecule has 1 aromatic heterocycles. The summed E-state index contributed by atoms with van der Waals surface area (Å²) in [6, 6.07) is 12.8. The second-order valence-electron chi connectivity index (χ2n) is 5.04. The highest BCUT2D eigenvalue weighted by atomic mass is 32.1. The molecule has 0 fully saturated rings. The molecule has 0 saturated carbocycles. The van der Waals surface area contributed by atoms with E-state index in [2.05, 4.69) is 4.74 Å². The van der Waals surface area contributed by atoms with Gasteiger partial charge in [0.2, 0.25) is 0 Å². The number of hydrogen-bond donors (Lipinski definition) is 1. The summed E-state index contributed by atoms with van der Waals surface area (Å²) in [6.45, 7) is 0. The minimum absolute atomic E-state index is 0.332. The molecule has 0 unspecified atom stereocenters. The van der Waals surface area contributed by atoms with E-state index < -0.39 is 10.7 Å². The fourth-order valence-electron chi connectivity index (χ4n) is 2.43. The minimum Gasteiger partial charge on any atom is -0.506 e. The number of carbonyl (C=O) groups is 1. The summed E-state index contributed by atoms with van der Waals surface area (Å²) < 4.78 is 9.79. The number of ether oxygens (including phenoxy) is 2. The summed E-state index contributed by atoms with van der Waals surface area (Å²) in [4.78, 5) is 23.8. The standard InChI is InChI=1S/C18H14O5S/c1-22-12-6-3-10(4-7-12)11-5-8-14-13(9-11)16(19)15(17(20)23-2)18(21)24-14/h3-9,19H,1-2H3. The first-order valence-electron chi connectivity index (χ1n) is 7.07. The largest absolute Gasteiger partial charge is 0.506 e. The van der Waals surface area contributed by atoms with E-state index in [4.69, 9.17) is 4.74 Å². The van der Waals surface area contributed by atoms with Crippen LogP contribution in [0.3, 0.4) is 0 Å². The molecule has 0 atom stereocenters. The molecule has 0 radical (unpaired) electrons. The van der Waals surface area contributed by atoms with Crippen LogP contribution in [0.5, 0.6) is 11.5 Å². The Bertz CT molecular complexity index is 973. The van der Waals surface area contributed by atoms with Crippen LogP contribution in [0.1, 0.15) is 10.4 Å². The Balaban J connectivity index is 2.19. The lowest BCUT2D eigenvalue weighted by Gasteiger charge is -2.08. The monoisotopic (exact) mass is 342 g/mol. The van der Waals surface area contributed by atoms with E-state index in [1.807, 2.05) is 30.3 Å². The Morgan fingerprint density at radius 2 is 1.71 bits per heavy atom. The van der Waals surface area contributed by atoms with Crippen LogP contribution in [0.2, 0.25) is 0 Å². The number of rotatable bonds is 3. The van der Waals surface area contributed by atoms with Gasteiger partial charge in [0.1, 0.15) is 11.5 Å². The summed E-state index contributed by atoms with van der Waals surface area (Å²) >= 11 is 0.900. The second-order valence-corrected chi connectivity index (χ2v) is 6.06. The van der Waals surface area contributed by atoms with Gasteiger partial charge in [-0.2, -0.15) is 0 Å². The quantitative estimate of drug-likeness (QED) is 0.738. The van der Waals surface area contributed by atoms with E-state index in [0.29, 0.717) is 10.1 Å². The Kier molecular flexibility index (Phi) is 4.22. The van der Waals surface area contributed by atoms with Crippen molar-refractivity contribution in [3.63, 3.8) is 0 Å². The highest BCUT2D eigenvalue weighted by Gasteiger charge is 2.20. The smallest absolute Gasteiger partial charge is 0.346 e. The van der Waals surface area contributed by atoms with Gasteiger partial charge in [-0.15, -0.1) is 0 Å². The molecule has 0 saturated heterocycles. The molecule has 6 heteroatoms. The van der Waals surface area contributed by atoms with Gasteiger partial charge in [0, 0.05) is 10.1 Å². The third kappa shape index (κ3) is 2.72. The SMILES string of the molecule is COC(=O)c1c(O)c2cc(-c3ccc(OC)cc3)ccc2sc1=O. The first kappa shape index (κ1) is 16.0. The Hall–Kier alpha value is -2.86. The number of esters is 1. The third-order valence-corrected chi connectivity index (χ3v) is 4.66. The van der Waals surface area contributed by atoms with E-state index in [1.165, 1.54) is 7.11 Å². The van der Waals surface area contributed by atoms with Gasteiger partial charge in [0.15, 0.2) is 5.56 Å². The summed E-state index contributed by atoms with van der Waals surface area (Å²) in [5.41, 5.74) is 1.44. The molecule has 0 aliphatic heterocycles. The van der Waals surface area contributed by atoms with Gasteiger partial charge in [-0.25, -0.2) is 4.79 Å². The molecule has 2 aromatic carbocycles. The van der Waals surface area contributed by atoms with Crippen molar-refractivity contribution in [2.75, 3.05) is 14.2 Å². The van der Waals surface area contributed by atoms with E-state index in [0.717, 1.165) is 28.2 Å². The van der Waals surface area contributed by atoms with E-state index in [-0.39, 0.29) is 11.3 Å². The normalized spacial score (nSPS) is 10.6. The maximum Gasteiger partial charge on any atom is 0.346 e. The lowest BCUT2D eigenvalue weighted by atomic mass is 10.0. The number of fused-ring (bicyclic) bond motifs is 1. The average molecular weight is 342 g/mol. The summed E-state index contributed by atoms with van der Waals surface area (Å²) in [6.07, 6.45) is 0. The van der Waals surface area contributed by atoms with Crippen LogP contribution in [0.4, 0.5) is 0 Å². The first-order valence-corrected chi connectivity index (χ1v) is 7.89. The van der Waals surface area contributed by atoms with Crippen LogP contribution < -0.4 is 9.48 Å². The van der Waals surface area contributed by atoms with Gasteiger partial charge >= 0.3 is 5.97 Å². The Morgan fingerprint density at radius 3 is 2.33 bits per heavy atom. The zero-order valence-electron chi connectivity index (χ0n) is 13.0. The van der Waals surface area contributed by atoms with Crippen LogP contribution in [0.15, 0.2) is 47.3 Å². The molecule has 0 bridgehead atoms. The van der Waals surface area contributed by atoms with Gasteiger partial charge in [0.25, 0.3) is 4.74 Å². The van der Waals surface area contributed by atoms with Crippen LogP contribution in [0.25, 0.3) is 21.2 Å². The van der Waals surface area contributed by atoms with Gasteiger partial charge in [-0.3, -0.25) is 4.79 Å². The summed E-state index contributed by atoms with van der Waals surface area (Å²) in [7, 11) is 2.77. The average Bonchev–Trinajstić information content (AvgIpc) is 2.61. The summed E-state index contributed by atoms with van der Waals surface area (Å²) in [5, 5.41) is 10.8. The van der Waals surface area contributed by atoms with Gasteiger partial charge in [0.05, 0.1) is 14.2 Å². The van der Waals surface area contributed by atoms with E-state index in [9.17, 15) is 14.7 Å². The molecule has 0 aliphatic carbocycles. The maximum atomic E-state index is 12.0. The fraction of sp³-hybridized carbons (Fsp3) is 0.111. The molecule has 3 rings (SSSR count). The van der Waals surface area contributed by atoms with E-state index in [1.54, 1.807) is 19.2 Å². The zero-order chi connectivity index (χ0) is 17.3. The molecule has 0 spiro atoms. The van der Waals surface area contributed by atoms with Gasteiger partial charge < -0.3 is 14.6 Å². The van der Waals surface area contributed by atoms with Crippen LogP contribution in [0, 0.1) is 0 Å². The fourth-order valence-corrected chi connectivity index (χ4v) is 3.31. The molecule has 0 aliphatic rings. The van der Waals surface area contributed by atoms with Gasteiger partial charge in [-0.05, 0) is 35.4 Å². The number of hydrogen-bond acceptors (Lipinski definition) is 6. The van der Waals surface area contributed by atoms with E-state index >= 15 is 0 Å². The summed E-state index contributed by atoms with van der Waals surface area (Å²) in [5.74, 6) is -0.449. The number of methoxy groups -OCH3 is 2. The number of aromatic hydroxyl groups is 1. The van der Waals surface area contributed by atoms with Crippen LogP contribution in [-0.2, 0) is 4.74 Å². The Labute approximate surface area is 141 Å². The molecule has 0 amide bonds. The molecule has 3 aromatic rings. The topological polar surface area (TPSA) is 72.8 Å². The molecule has 1 heterocycles.